The molecule has 0 aromatic heterocycles. The molecule has 1 heterocycles. The molecule has 1 aliphatic carbocycles. The zero-order valence-corrected chi connectivity index (χ0v) is 16.0. The number of nitro benzene ring substituents is 1. The number of hydrogen-bond donors (Lipinski definition) is 2. The van der Waals surface area contributed by atoms with Gasteiger partial charge in [0.15, 0.2) is 0 Å². The highest BCUT2D eigenvalue weighted by Crippen LogP contribution is 2.34. The summed E-state index contributed by atoms with van der Waals surface area (Å²) in [6.07, 6.45) is 4.10. The van der Waals surface area contributed by atoms with Gasteiger partial charge in [0.1, 0.15) is 5.69 Å². The van der Waals surface area contributed by atoms with Crippen molar-refractivity contribution in [2.24, 2.45) is 5.92 Å². The predicted octanol–water partition coefficient (Wildman–Crippen LogP) is 2.78. The number of morpholine rings is 1. The van der Waals surface area contributed by atoms with Gasteiger partial charge in [-0.15, -0.1) is 0 Å². The van der Waals surface area contributed by atoms with Crippen LogP contribution in [0, 0.1) is 16.0 Å². The molecule has 8 nitrogen and oxygen atoms in total. The van der Waals surface area contributed by atoms with Gasteiger partial charge in [0.25, 0.3) is 11.6 Å². The maximum atomic E-state index is 13.0. The van der Waals surface area contributed by atoms with Crippen molar-refractivity contribution in [3.63, 3.8) is 0 Å². The average Bonchev–Trinajstić information content (AvgIpc) is 2.69. The minimum atomic E-state index is -0.450. The van der Waals surface area contributed by atoms with Crippen molar-refractivity contribution in [3.8, 4) is 0 Å². The third-order valence-corrected chi connectivity index (χ3v) is 5.53. The Balaban J connectivity index is 1.91. The van der Waals surface area contributed by atoms with Crippen LogP contribution in [0.2, 0.25) is 0 Å². The quantitative estimate of drug-likeness (QED) is 0.606. The summed E-state index contributed by atoms with van der Waals surface area (Å²) in [5, 5.41) is 17.4. The van der Waals surface area contributed by atoms with E-state index in [9.17, 15) is 14.9 Å². The summed E-state index contributed by atoms with van der Waals surface area (Å²) >= 11 is 0. The summed E-state index contributed by atoms with van der Waals surface area (Å²) in [4.78, 5) is 26.1. The Kier molecular flexibility index (Phi) is 6.15. The molecule has 1 aliphatic heterocycles. The molecular formula is C19H28N4O4. The summed E-state index contributed by atoms with van der Waals surface area (Å²) in [5.74, 6) is 0.458. The first kappa shape index (κ1) is 19.4. The van der Waals surface area contributed by atoms with Gasteiger partial charge in [-0.2, -0.15) is 0 Å². The summed E-state index contributed by atoms with van der Waals surface area (Å²) in [5.41, 5.74) is 1.40. The molecule has 148 valence electrons. The lowest BCUT2D eigenvalue weighted by molar-refractivity contribution is -0.383. The van der Waals surface area contributed by atoms with Gasteiger partial charge < -0.3 is 20.3 Å². The number of nitro groups is 1. The van der Waals surface area contributed by atoms with Crippen LogP contribution in [-0.4, -0.2) is 50.2 Å². The highest BCUT2D eigenvalue weighted by molar-refractivity contribution is 6.02. The van der Waals surface area contributed by atoms with E-state index in [1.165, 1.54) is 6.07 Å². The van der Waals surface area contributed by atoms with Crippen molar-refractivity contribution in [1.82, 2.24) is 5.32 Å². The van der Waals surface area contributed by atoms with E-state index in [0.29, 0.717) is 43.5 Å². The first-order chi connectivity index (χ1) is 13.0. The van der Waals surface area contributed by atoms with E-state index in [1.807, 2.05) is 0 Å². The molecule has 3 rings (SSSR count). The van der Waals surface area contributed by atoms with Gasteiger partial charge in [0.05, 0.1) is 29.4 Å². The molecule has 2 aliphatic rings. The molecule has 0 spiro atoms. The number of hydrogen-bond acceptors (Lipinski definition) is 6. The number of nitrogens with one attached hydrogen (secondary N) is 2. The number of nitrogens with zero attached hydrogens (tertiary/aromatic N) is 2. The maximum Gasteiger partial charge on any atom is 0.293 e. The third-order valence-electron chi connectivity index (χ3n) is 5.53. The van der Waals surface area contributed by atoms with Gasteiger partial charge in [0, 0.05) is 32.2 Å². The zero-order chi connectivity index (χ0) is 19.4. The molecular weight excluding hydrogens is 348 g/mol. The Labute approximate surface area is 159 Å². The molecule has 0 radical (unpaired) electrons. The second-order valence-electron chi connectivity index (χ2n) is 7.42. The van der Waals surface area contributed by atoms with Crippen molar-refractivity contribution < 1.29 is 14.5 Å². The fourth-order valence-corrected chi connectivity index (χ4v) is 3.84. The van der Waals surface area contributed by atoms with Crippen molar-refractivity contribution in [3.05, 3.63) is 27.8 Å². The Bertz CT molecular complexity index is 695. The van der Waals surface area contributed by atoms with Crippen molar-refractivity contribution in [2.75, 3.05) is 43.6 Å². The SMILES string of the molecule is CNc1cc(N2CCOCC2)c(C(=O)NC2CCC(C)CC2)cc1[N+](=O)[O-]. The number of ether oxygens (including phenoxy) is 1. The second-order valence-corrected chi connectivity index (χ2v) is 7.42. The molecule has 0 unspecified atom stereocenters. The standard InChI is InChI=1S/C19H28N4O4/c1-13-3-5-14(6-4-13)21-19(24)15-11-18(23(25)26)16(20-2)12-17(15)22-7-9-27-10-8-22/h11-14,20H,3-10H2,1-2H3,(H,21,24). The van der Waals surface area contributed by atoms with Gasteiger partial charge >= 0.3 is 0 Å². The van der Waals surface area contributed by atoms with E-state index < -0.39 is 4.92 Å². The molecule has 1 amide bonds. The monoisotopic (exact) mass is 376 g/mol. The molecule has 1 aromatic carbocycles. The maximum absolute atomic E-state index is 13.0. The molecule has 0 atom stereocenters. The predicted molar refractivity (Wildman–Crippen MR) is 105 cm³/mol. The van der Waals surface area contributed by atoms with Crippen LogP contribution in [0.1, 0.15) is 43.0 Å². The fourth-order valence-electron chi connectivity index (χ4n) is 3.84. The van der Waals surface area contributed by atoms with E-state index in [-0.39, 0.29) is 17.6 Å². The van der Waals surface area contributed by atoms with Gasteiger partial charge in [0.2, 0.25) is 0 Å². The normalized spacial score (nSPS) is 23.0. The van der Waals surface area contributed by atoms with E-state index in [1.54, 1.807) is 13.1 Å². The molecule has 27 heavy (non-hydrogen) atoms. The highest BCUT2D eigenvalue weighted by Gasteiger charge is 2.27. The molecule has 1 saturated heterocycles. The van der Waals surface area contributed by atoms with Crippen LogP contribution in [-0.2, 0) is 4.74 Å². The van der Waals surface area contributed by atoms with Gasteiger partial charge in [-0.3, -0.25) is 14.9 Å². The Morgan fingerprint density at radius 1 is 1.22 bits per heavy atom. The van der Waals surface area contributed by atoms with E-state index in [4.69, 9.17) is 4.74 Å². The van der Waals surface area contributed by atoms with E-state index in [0.717, 1.165) is 31.4 Å². The lowest BCUT2D eigenvalue weighted by atomic mass is 9.87. The van der Waals surface area contributed by atoms with Crippen molar-refractivity contribution >= 4 is 23.0 Å². The minimum absolute atomic E-state index is 0.0862. The molecule has 2 fully saturated rings. The highest BCUT2D eigenvalue weighted by atomic mass is 16.6. The molecule has 1 saturated carbocycles. The number of benzene rings is 1. The summed E-state index contributed by atoms with van der Waals surface area (Å²) in [7, 11) is 1.65. The van der Waals surface area contributed by atoms with Crippen LogP contribution in [0.3, 0.4) is 0 Å². The molecule has 1 aromatic rings. The molecule has 2 N–H and O–H groups in total. The van der Waals surface area contributed by atoms with Crippen molar-refractivity contribution in [2.45, 2.75) is 38.6 Å². The largest absolute Gasteiger partial charge is 0.383 e. The van der Waals surface area contributed by atoms with Gasteiger partial charge in [-0.25, -0.2) is 0 Å². The number of carbonyl (C=O) groups excluding carboxylic acids is 1. The Morgan fingerprint density at radius 3 is 2.48 bits per heavy atom. The topological polar surface area (TPSA) is 96.7 Å². The smallest absolute Gasteiger partial charge is 0.293 e. The lowest BCUT2D eigenvalue weighted by Crippen LogP contribution is -2.40. The number of rotatable bonds is 5. The van der Waals surface area contributed by atoms with E-state index >= 15 is 0 Å². The first-order valence-electron chi connectivity index (χ1n) is 9.63. The van der Waals surface area contributed by atoms with Crippen LogP contribution in [0.25, 0.3) is 0 Å². The Morgan fingerprint density at radius 2 is 1.89 bits per heavy atom. The van der Waals surface area contributed by atoms with E-state index in [2.05, 4.69) is 22.5 Å². The first-order valence-corrected chi connectivity index (χ1v) is 9.63. The van der Waals surface area contributed by atoms with Gasteiger partial charge in [-0.1, -0.05) is 6.92 Å². The fraction of sp³-hybridized carbons (Fsp3) is 0.632. The number of amides is 1. The van der Waals surface area contributed by atoms with Crippen LogP contribution < -0.4 is 15.5 Å². The average molecular weight is 376 g/mol. The zero-order valence-electron chi connectivity index (χ0n) is 16.0. The lowest BCUT2D eigenvalue weighted by Gasteiger charge is -2.31. The summed E-state index contributed by atoms with van der Waals surface area (Å²) < 4.78 is 5.41. The summed E-state index contributed by atoms with van der Waals surface area (Å²) in [6, 6.07) is 3.24. The minimum Gasteiger partial charge on any atom is -0.383 e. The summed E-state index contributed by atoms with van der Waals surface area (Å²) in [6.45, 7) is 4.69. The van der Waals surface area contributed by atoms with Crippen LogP contribution >= 0.6 is 0 Å². The number of carbonyl (C=O) groups is 1. The van der Waals surface area contributed by atoms with Crippen LogP contribution in [0.4, 0.5) is 17.1 Å². The van der Waals surface area contributed by atoms with Crippen LogP contribution in [0.15, 0.2) is 12.1 Å². The Hall–Kier alpha value is -2.35. The third kappa shape index (κ3) is 4.50. The second kappa shape index (κ2) is 8.56. The van der Waals surface area contributed by atoms with Gasteiger partial charge in [-0.05, 0) is 37.7 Å². The molecule has 0 bridgehead atoms. The van der Waals surface area contributed by atoms with Crippen LogP contribution in [0.5, 0.6) is 0 Å². The number of anilines is 2. The van der Waals surface area contributed by atoms with Crippen molar-refractivity contribution in [1.29, 1.82) is 0 Å². The molecule has 8 heteroatoms.